The number of nitrogens with one attached hydrogen (secondary N) is 2. The lowest BCUT2D eigenvalue weighted by Gasteiger charge is -2.48. The maximum Gasteiger partial charge on any atom is 0.573 e. The Morgan fingerprint density at radius 1 is 1.14 bits per heavy atom. The summed E-state index contributed by atoms with van der Waals surface area (Å²) in [4.78, 5) is 26.9. The summed E-state index contributed by atoms with van der Waals surface area (Å²) < 4.78 is 47.1. The van der Waals surface area contributed by atoms with E-state index in [1.165, 1.54) is 45.3 Å². The lowest BCUT2D eigenvalue weighted by Crippen LogP contribution is -2.76. The highest BCUT2D eigenvalue weighted by Gasteiger charge is 2.76. The van der Waals surface area contributed by atoms with E-state index < -0.39 is 71.4 Å². The molecule has 3 rings (SSSR count). The van der Waals surface area contributed by atoms with E-state index in [1.54, 1.807) is 13.0 Å². The summed E-state index contributed by atoms with van der Waals surface area (Å²) in [5.41, 5.74) is -0.438. The molecular formula is C27H35F3N4O8. The molecule has 0 unspecified atom stereocenters. The Morgan fingerprint density at radius 3 is 2.24 bits per heavy atom. The number of aryl methyl sites for hydroxylation is 1. The van der Waals surface area contributed by atoms with Gasteiger partial charge in [0.25, 0.3) is 0 Å². The summed E-state index contributed by atoms with van der Waals surface area (Å²) >= 11 is 0. The van der Waals surface area contributed by atoms with Crippen LogP contribution >= 0.6 is 0 Å². The molecule has 12 nitrogen and oxygen atoms in total. The van der Waals surface area contributed by atoms with Crippen LogP contribution in [0.1, 0.15) is 29.8 Å². The van der Waals surface area contributed by atoms with Crippen molar-refractivity contribution >= 4 is 17.7 Å². The molecule has 232 valence electrons. The van der Waals surface area contributed by atoms with Gasteiger partial charge < -0.3 is 51.2 Å². The number of aromatic hydroxyl groups is 1. The molecule has 0 aliphatic heterocycles. The fourth-order valence-corrected chi connectivity index (χ4v) is 5.37. The van der Waals surface area contributed by atoms with Gasteiger partial charge in [-0.2, -0.15) is 0 Å². The van der Waals surface area contributed by atoms with Crippen LogP contribution < -0.4 is 21.1 Å². The van der Waals surface area contributed by atoms with Gasteiger partial charge in [0.2, 0.25) is 0 Å². The first-order valence-electron chi connectivity index (χ1n) is 12.7. The van der Waals surface area contributed by atoms with E-state index in [-0.39, 0.29) is 11.3 Å². The average Bonchev–Trinajstić information content (AvgIpc) is 2.99. The van der Waals surface area contributed by atoms with Crippen molar-refractivity contribution in [3.8, 4) is 11.5 Å². The minimum absolute atomic E-state index is 0.0994. The highest BCUT2D eigenvalue weighted by molar-refractivity contribution is 5.94. The highest BCUT2D eigenvalue weighted by Crippen LogP contribution is 2.49. The van der Waals surface area contributed by atoms with E-state index in [0.29, 0.717) is 5.56 Å². The Bertz CT molecular complexity index is 1290. The Kier molecular flexibility index (Phi) is 8.94. The first-order valence-corrected chi connectivity index (χ1v) is 12.7. The number of ether oxygens (including phenoxy) is 2. The van der Waals surface area contributed by atoms with Gasteiger partial charge >= 0.3 is 18.4 Å². The highest BCUT2D eigenvalue weighted by atomic mass is 19.4. The molecule has 8 N–H and O–H groups in total. The standard InChI is InChI=1S/C27H35F3N4O8/c1-14-7-6-8-18(36)19(14)22(37)41-13-25(40)21(32-16-9-11-17(12-10-16)42-27(28,29)30)20(31)26(15(2)35,24(25,3)39)33-23(38)34(4)5/h6-12,15,20-21,32,35-36,39-40H,13,31H2,1-5H3,(H,33,38)/t15-,20-,21-,24-,25+,26-/m0/s1. The van der Waals surface area contributed by atoms with Crippen molar-refractivity contribution in [2.24, 2.45) is 5.73 Å². The Labute approximate surface area is 239 Å². The van der Waals surface area contributed by atoms with Gasteiger partial charge in [0.1, 0.15) is 34.8 Å². The van der Waals surface area contributed by atoms with Crippen LogP contribution in [0.15, 0.2) is 42.5 Å². The molecule has 1 aliphatic rings. The number of carbonyl (C=O) groups is 2. The number of alkyl halides is 3. The summed E-state index contributed by atoms with van der Waals surface area (Å²) in [6, 6.07) is 4.85. The van der Waals surface area contributed by atoms with E-state index in [2.05, 4.69) is 15.4 Å². The number of aliphatic hydroxyl groups excluding tert-OH is 1. The summed E-state index contributed by atoms with van der Waals surface area (Å²) in [7, 11) is 2.78. The third-order valence-electron chi connectivity index (χ3n) is 7.72. The Hall–Kier alpha value is -3.79. The third-order valence-corrected chi connectivity index (χ3v) is 7.72. The van der Waals surface area contributed by atoms with Gasteiger partial charge in [0.05, 0.1) is 18.2 Å². The number of amides is 2. The zero-order valence-corrected chi connectivity index (χ0v) is 23.6. The Morgan fingerprint density at radius 2 is 1.74 bits per heavy atom. The average molecular weight is 601 g/mol. The van der Waals surface area contributed by atoms with Gasteiger partial charge in [-0.15, -0.1) is 13.2 Å². The van der Waals surface area contributed by atoms with Crippen molar-refractivity contribution in [2.45, 2.75) is 62.1 Å². The van der Waals surface area contributed by atoms with E-state index >= 15 is 0 Å². The van der Waals surface area contributed by atoms with Crippen molar-refractivity contribution in [1.29, 1.82) is 0 Å². The number of nitrogens with zero attached hydrogens (tertiary/aromatic N) is 1. The molecule has 2 aromatic carbocycles. The molecule has 2 amide bonds. The van der Waals surface area contributed by atoms with E-state index in [1.807, 2.05) is 0 Å². The van der Waals surface area contributed by atoms with Gasteiger partial charge in [-0.25, -0.2) is 9.59 Å². The van der Waals surface area contributed by atoms with Crippen LogP contribution in [0.3, 0.4) is 0 Å². The van der Waals surface area contributed by atoms with Crippen molar-refractivity contribution in [3.63, 3.8) is 0 Å². The maximum absolute atomic E-state index is 13.0. The van der Waals surface area contributed by atoms with Crippen LogP contribution in [0.2, 0.25) is 0 Å². The molecular weight excluding hydrogens is 565 g/mol. The van der Waals surface area contributed by atoms with Crippen molar-refractivity contribution in [3.05, 3.63) is 53.6 Å². The number of rotatable bonds is 8. The number of phenolic OH excluding ortho intramolecular Hbond substituents is 1. The van der Waals surface area contributed by atoms with Crippen LogP contribution in [0.4, 0.5) is 23.7 Å². The number of benzene rings is 2. The SMILES string of the molecule is Cc1cccc(O)c1C(=O)OC[C@@]1(O)[C@@H](Nc2ccc(OC(F)(F)F)cc2)[C@H](N)[C@@](NC(=O)N(C)C)([C@H](C)O)[C@@]1(C)O. The fourth-order valence-electron chi connectivity index (χ4n) is 5.37. The summed E-state index contributed by atoms with van der Waals surface area (Å²) in [5, 5.41) is 50.6. The lowest BCUT2D eigenvalue weighted by atomic mass is 9.73. The van der Waals surface area contributed by atoms with Crippen LogP contribution in [-0.4, -0.2) is 99.3 Å². The van der Waals surface area contributed by atoms with Gasteiger partial charge in [-0.05, 0) is 56.7 Å². The van der Waals surface area contributed by atoms with E-state index in [0.717, 1.165) is 24.0 Å². The topological polar surface area (TPSA) is 187 Å². The summed E-state index contributed by atoms with van der Waals surface area (Å²) in [6.45, 7) is 2.91. The number of carbonyl (C=O) groups excluding carboxylic acids is 2. The molecule has 0 radical (unpaired) electrons. The van der Waals surface area contributed by atoms with E-state index in [9.17, 15) is 43.2 Å². The quantitative estimate of drug-likeness (QED) is 0.219. The number of urea groups is 1. The second-order valence-corrected chi connectivity index (χ2v) is 10.6. The predicted octanol–water partition coefficient (Wildman–Crippen LogP) is 1.45. The minimum atomic E-state index is -4.93. The van der Waals surface area contributed by atoms with Crippen LogP contribution in [0, 0.1) is 6.92 Å². The summed E-state index contributed by atoms with van der Waals surface area (Å²) in [5.74, 6) is -1.98. The van der Waals surface area contributed by atoms with Gasteiger partial charge in [0.15, 0.2) is 5.60 Å². The normalized spacial score (nSPS) is 28.1. The zero-order valence-electron chi connectivity index (χ0n) is 23.6. The number of halogens is 3. The van der Waals surface area contributed by atoms with Crippen molar-refractivity contribution in [2.75, 3.05) is 26.0 Å². The largest absolute Gasteiger partial charge is 0.573 e. The van der Waals surface area contributed by atoms with Crippen LogP contribution in [0.25, 0.3) is 0 Å². The molecule has 2 aromatic rings. The second-order valence-electron chi connectivity index (χ2n) is 10.6. The molecule has 1 saturated carbocycles. The zero-order chi connectivity index (χ0) is 31.8. The second kappa shape index (κ2) is 11.5. The molecule has 0 spiro atoms. The van der Waals surface area contributed by atoms with Gasteiger partial charge in [0, 0.05) is 19.8 Å². The summed E-state index contributed by atoms with van der Waals surface area (Å²) in [6.07, 6.45) is -6.54. The first kappa shape index (κ1) is 32.7. The molecule has 1 fully saturated rings. The van der Waals surface area contributed by atoms with Crippen molar-refractivity contribution in [1.82, 2.24) is 10.2 Å². The van der Waals surface area contributed by atoms with Crippen molar-refractivity contribution < 1.29 is 52.7 Å². The number of esters is 1. The third kappa shape index (κ3) is 5.77. The van der Waals surface area contributed by atoms with Gasteiger partial charge in [-0.3, -0.25) is 0 Å². The molecule has 0 heterocycles. The van der Waals surface area contributed by atoms with Crippen LogP contribution in [-0.2, 0) is 4.74 Å². The van der Waals surface area contributed by atoms with Gasteiger partial charge in [-0.1, -0.05) is 12.1 Å². The Balaban J connectivity index is 2.08. The number of anilines is 1. The molecule has 0 aromatic heterocycles. The number of nitrogens with two attached hydrogens (primary N) is 1. The fraction of sp³-hybridized carbons (Fsp3) is 0.481. The number of hydrogen-bond donors (Lipinski definition) is 7. The lowest BCUT2D eigenvalue weighted by molar-refractivity contribution is -0.274. The number of hydrogen-bond acceptors (Lipinski definition) is 10. The number of phenols is 1. The first-order chi connectivity index (χ1) is 19.3. The molecule has 42 heavy (non-hydrogen) atoms. The molecule has 1 aliphatic carbocycles. The molecule has 0 bridgehead atoms. The monoisotopic (exact) mass is 600 g/mol. The van der Waals surface area contributed by atoms with Crippen LogP contribution in [0.5, 0.6) is 11.5 Å². The molecule has 15 heteroatoms. The minimum Gasteiger partial charge on any atom is -0.507 e. The van der Waals surface area contributed by atoms with E-state index in [4.69, 9.17) is 10.5 Å². The predicted molar refractivity (Wildman–Crippen MR) is 144 cm³/mol. The molecule has 0 saturated heterocycles. The smallest absolute Gasteiger partial charge is 0.507 e. The number of aliphatic hydroxyl groups is 3. The maximum atomic E-state index is 13.0. The molecule has 6 atom stereocenters.